The molecule has 10 nitrogen and oxygen atoms in total. The topological polar surface area (TPSA) is 123 Å². The molecule has 2 aromatic carbocycles. The zero-order valence-corrected chi connectivity index (χ0v) is 18.7. The first-order valence-electron chi connectivity index (χ1n) is 10.7. The van der Waals surface area contributed by atoms with Crippen molar-refractivity contribution < 1.29 is 18.7 Å². The predicted molar refractivity (Wildman–Crippen MR) is 125 cm³/mol. The standard InChI is InChI=1S/C23H21ClN6O4/c24-20-16-13-26-30(19-6-1-2-10-33-19)18(16)8-7-17(20)28-29-23(32)27-21(31)14-4-3-5-15(12-14)22-25-9-11-34-22/h3-5,7-9,11-13,19,28H,1-2,6,10H2,(H2,27,29,31,32). The van der Waals surface area contributed by atoms with Gasteiger partial charge in [0.1, 0.15) is 6.26 Å². The second kappa shape index (κ2) is 9.54. The van der Waals surface area contributed by atoms with Crippen molar-refractivity contribution >= 4 is 40.1 Å². The number of carbonyl (C=O) groups is 2. The summed E-state index contributed by atoms with van der Waals surface area (Å²) in [6.45, 7) is 0.709. The highest BCUT2D eigenvalue weighted by atomic mass is 35.5. The van der Waals surface area contributed by atoms with Crippen LogP contribution in [0.5, 0.6) is 0 Å². The van der Waals surface area contributed by atoms with Crippen LogP contribution >= 0.6 is 11.6 Å². The number of hydrazine groups is 1. The van der Waals surface area contributed by atoms with E-state index in [1.54, 1.807) is 36.5 Å². The van der Waals surface area contributed by atoms with E-state index in [1.165, 1.54) is 12.5 Å². The summed E-state index contributed by atoms with van der Waals surface area (Å²) >= 11 is 6.54. The normalized spacial score (nSPS) is 15.7. The second-order valence-corrected chi connectivity index (χ2v) is 8.10. The largest absolute Gasteiger partial charge is 0.445 e. The van der Waals surface area contributed by atoms with Gasteiger partial charge in [0.05, 0.1) is 28.6 Å². The van der Waals surface area contributed by atoms with Crippen LogP contribution in [-0.2, 0) is 4.74 Å². The Bertz CT molecular complexity index is 1330. The molecule has 0 spiro atoms. The number of amides is 3. The number of hydrogen-bond acceptors (Lipinski definition) is 7. The van der Waals surface area contributed by atoms with Crippen molar-refractivity contribution in [1.29, 1.82) is 0 Å². The fourth-order valence-corrected chi connectivity index (χ4v) is 4.08. The molecule has 0 saturated carbocycles. The average molecular weight is 481 g/mol. The van der Waals surface area contributed by atoms with Crippen molar-refractivity contribution in [2.75, 3.05) is 12.0 Å². The summed E-state index contributed by atoms with van der Waals surface area (Å²) in [5.74, 6) is -0.202. The van der Waals surface area contributed by atoms with Crippen LogP contribution in [0.3, 0.4) is 0 Å². The maximum atomic E-state index is 12.5. The van der Waals surface area contributed by atoms with Crippen molar-refractivity contribution in [3.63, 3.8) is 0 Å². The molecule has 34 heavy (non-hydrogen) atoms. The first kappa shape index (κ1) is 21.9. The lowest BCUT2D eigenvalue weighted by Crippen LogP contribution is -2.42. The molecule has 1 saturated heterocycles. The molecule has 0 radical (unpaired) electrons. The first-order valence-corrected chi connectivity index (χ1v) is 11.1. The van der Waals surface area contributed by atoms with Gasteiger partial charge in [0.15, 0.2) is 6.23 Å². The number of carbonyl (C=O) groups excluding carboxylic acids is 2. The number of halogens is 1. The van der Waals surface area contributed by atoms with Gasteiger partial charge in [-0.2, -0.15) is 5.10 Å². The molecular formula is C23H21ClN6O4. The van der Waals surface area contributed by atoms with E-state index in [2.05, 4.69) is 26.3 Å². The quantitative estimate of drug-likeness (QED) is 0.359. The molecule has 1 aliphatic rings. The molecule has 3 amide bonds. The molecule has 4 aromatic rings. The number of anilines is 1. The lowest BCUT2D eigenvalue weighted by atomic mass is 10.1. The summed E-state index contributed by atoms with van der Waals surface area (Å²) in [6.07, 6.45) is 7.54. The minimum absolute atomic E-state index is 0.113. The molecule has 174 valence electrons. The van der Waals surface area contributed by atoms with E-state index in [0.29, 0.717) is 28.8 Å². The molecule has 2 aromatic heterocycles. The highest BCUT2D eigenvalue weighted by Crippen LogP contribution is 2.33. The monoisotopic (exact) mass is 480 g/mol. The zero-order chi connectivity index (χ0) is 23.5. The number of aromatic nitrogens is 3. The van der Waals surface area contributed by atoms with Crippen LogP contribution in [0, 0.1) is 0 Å². The highest BCUT2D eigenvalue weighted by Gasteiger charge is 2.20. The van der Waals surface area contributed by atoms with Crippen LogP contribution < -0.4 is 16.2 Å². The molecule has 1 unspecified atom stereocenters. The smallest absolute Gasteiger partial charge is 0.340 e. The Morgan fingerprint density at radius 3 is 2.88 bits per heavy atom. The SMILES string of the molecule is O=C(NNc1ccc2c(cnn2C2CCCCO2)c1Cl)NC(=O)c1cccc(-c2ncco2)c1. The van der Waals surface area contributed by atoms with E-state index in [4.69, 9.17) is 20.8 Å². The zero-order valence-electron chi connectivity index (χ0n) is 18.0. The lowest BCUT2D eigenvalue weighted by Gasteiger charge is -2.23. The Kier molecular flexibility index (Phi) is 6.15. The molecule has 11 heteroatoms. The van der Waals surface area contributed by atoms with Crippen LogP contribution in [-0.4, -0.2) is 33.3 Å². The Labute approximate surface area is 199 Å². The number of fused-ring (bicyclic) bond motifs is 1. The lowest BCUT2D eigenvalue weighted by molar-refractivity contribution is -0.0366. The number of rotatable bonds is 5. The van der Waals surface area contributed by atoms with Gasteiger partial charge in [0.2, 0.25) is 5.89 Å². The molecular weight excluding hydrogens is 460 g/mol. The van der Waals surface area contributed by atoms with Gasteiger partial charge in [-0.1, -0.05) is 17.7 Å². The molecule has 3 N–H and O–H groups in total. The molecule has 1 atom stereocenters. The van der Waals surface area contributed by atoms with E-state index >= 15 is 0 Å². The number of benzene rings is 2. The van der Waals surface area contributed by atoms with E-state index in [9.17, 15) is 9.59 Å². The predicted octanol–water partition coefficient (Wildman–Crippen LogP) is 4.51. The van der Waals surface area contributed by atoms with Crippen molar-refractivity contribution in [2.45, 2.75) is 25.5 Å². The molecule has 0 aliphatic carbocycles. The van der Waals surface area contributed by atoms with E-state index in [0.717, 1.165) is 30.2 Å². The van der Waals surface area contributed by atoms with E-state index in [-0.39, 0.29) is 11.8 Å². The Balaban J connectivity index is 1.23. The minimum Gasteiger partial charge on any atom is -0.445 e. The fourth-order valence-electron chi connectivity index (χ4n) is 3.82. The highest BCUT2D eigenvalue weighted by molar-refractivity contribution is 6.38. The third-order valence-electron chi connectivity index (χ3n) is 5.49. The fraction of sp³-hybridized carbons (Fsp3) is 0.217. The van der Waals surface area contributed by atoms with Gasteiger partial charge in [-0.15, -0.1) is 0 Å². The molecule has 1 aliphatic heterocycles. The number of urea groups is 1. The molecule has 3 heterocycles. The van der Waals surface area contributed by atoms with Crippen molar-refractivity contribution in [3.8, 4) is 11.5 Å². The third-order valence-corrected chi connectivity index (χ3v) is 5.89. The van der Waals surface area contributed by atoms with Crippen LogP contribution in [0.25, 0.3) is 22.4 Å². The van der Waals surface area contributed by atoms with Gasteiger partial charge in [0.25, 0.3) is 5.91 Å². The number of ether oxygens (including phenoxy) is 1. The number of nitrogens with one attached hydrogen (secondary N) is 3. The Hall–Kier alpha value is -3.89. The minimum atomic E-state index is -0.742. The van der Waals surface area contributed by atoms with Crippen molar-refractivity contribution in [1.82, 2.24) is 25.5 Å². The van der Waals surface area contributed by atoms with Crippen LogP contribution in [0.4, 0.5) is 10.5 Å². The Morgan fingerprint density at radius 2 is 2.09 bits per heavy atom. The van der Waals surface area contributed by atoms with Gasteiger partial charge in [-0.3, -0.25) is 21.0 Å². The van der Waals surface area contributed by atoms with Crippen LogP contribution in [0.1, 0.15) is 35.8 Å². The maximum Gasteiger partial charge on any atom is 0.340 e. The summed E-state index contributed by atoms with van der Waals surface area (Å²) in [5.41, 5.74) is 7.38. The van der Waals surface area contributed by atoms with Crippen LogP contribution in [0.2, 0.25) is 5.02 Å². The van der Waals surface area contributed by atoms with Gasteiger partial charge >= 0.3 is 6.03 Å². The summed E-state index contributed by atoms with van der Waals surface area (Å²) in [5, 5.41) is 7.82. The number of imide groups is 1. The number of hydrogen-bond donors (Lipinski definition) is 3. The molecule has 1 fully saturated rings. The van der Waals surface area contributed by atoms with Crippen LogP contribution in [0.15, 0.2) is 59.5 Å². The van der Waals surface area contributed by atoms with Gasteiger partial charge in [-0.25, -0.2) is 14.5 Å². The third kappa shape index (κ3) is 4.45. The molecule has 5 rings (SSSR count). The van der Waals surface area contributed by atoms with Gasteiger partial charge in [-0.05, 0) is 49.6 Å². The molecule has 0 bridgehead atoms. The average Bonchev–Trinajstić information content (AvgIpc) is 3.55. The maximum absolute atomic E-state index is 12.5. The van der Waals surface area contributed by atoms with Crippen molar-refractivity contribution in [3.05, 3.63) is 65.6 Å². The summed E-state index contributed by atoms with van der Waals surface area (Å²) in [7, 11) is 0. The summed E-state index contributed by atoms with van der Waals surface area (Å²) in [6, 6.07) is 9.44. The van der Waals surface area contributed by atoms with E-state index < -0.39 is 11.9 Å². The van der Waals surface area contributed by atoms with Gasteiger partial charge in [0, 0.05) is 23.1 Å². The van der Waals surface area contributed by atoms with E-state index in [1.807, 2.05) is 10.7 Å². The van der Waals surface area contributed by atoms with Gasteiger partial charge < -0.3 is 9.15 Å². The second-order valence-electron chi connectivity index (χ2n) is 7.72. The summed E-state index contributed by atoms with van der Waals surface area (Å²) in [4.78, 5) is 28.8. The van der Waals surface area contributed by atoms with Crippen molar-refractivity contribution in [2.24, 2.45) is 0 Å². The first-order chi connectivity index (χ1) is 16.6. The Morgan fingerprint density at radius 1 is 1.18 bits per heavy atom. The number of nitrogens with zero attached hydrogens (tertiary/aromatic N) is 3. The number of oxazole rings is 1. The summed E-state index contributed by atoms with van der Waals surface area (Å²) < 4.78 is 12.9.